The van der Waals surface area contributed by atoms with Crippen LogP contribution in [-0.2, 0) is 10.1 Å². The van der Waals surface area contributed by atoms with Crippen LogP contribution >= 0.6 is 0 Å². The Morgan fingerprint density at radius 1 is 1.22 bits per heavy atom. The molecule has 2 aromatic rings. The molecule has 4 N–H and O–H groups in total. The lowest BCUT2D eigenvalue weighted by atomic mass is 10.0. The molecule has 2 aromatic carbocycles. The summed E-state index contributed by atoms with van der Waals surface area (Å²) in [5.41, 5.74) is 4.69. The minimum atomic E-state index is -4.71. The smallest absolute Gasteiger partial charge is 0.337 e. The quantitative estimate of drug-likeness (QED) is 0.558. The van der Waals surface area contributed by atoms with E-state index in [0.29, 0.717) is 5.39 Å². The van der Waals surface area contributed by atoms with Crippen LogP contribution in [0.1, 0.15) is 10.4 Å². The standard InChI is InChI=1S/C11H9NO5S/c12-8-5-6-3-1-2-4-7(6)9(11(13)14)10(8)18(15,16)17/h1-5H,12H2,(H,13,14)(H,15,16,17). The normalized spacial score (nSPS) is 11.6. The highest BCUT2D eigenvalue weighted by Gasteiger charge is 2.26. The van der Waals surface area contributed by atoms with E-state index in [1.165, 1.54) is 12.1 Å². The maximum Gasteiger partial charge on any atom is 0.337 e. The van der Waals surface area contributed by atoms with Gasteiger partial charge < -0.3 is 10.8 Å². The van der Waals surface area contributed by atoms with Gasteiger partial charge in [0, 0.05) is 0 Å². The number of hydrogen-bond donors (Lipinski definition) is 3. The number of carbonyl (C=O) groups is 1. The molecular formula is C11H9NO5S. The molecule has 0 bridgehead atoms. The number of nitrogens with two attached hydrogens (primary N) is 1. The lowest BCUT2D eigenvalue weighted by molar-refractivity contribution is 0.0694. The van der Waals surface area contributed by atoms with Gasteiger partial charge in [-0.05, 0) is 16.8 Å². The molecule has 94 valence electrons. The molecule has 0 aliphatic carbocycles. The average molecular weight is 267 g/mol. The fourth-order valence-corrected chi connectivity index (χ4v) is 2.65. The minimum Gasteiger partial charge on any atom is -0.478 e. The summed E-state index contributed by atoms with van der Waals surface area (Å²) in [6.07, 6.45) is 0. The number of aromatic carboxylic acids is 1. The molecule has 2 rings (SSSR count). The molecule has 0 unspecified atom stereocenters. The first kappa shape index (κ1) is 12.3. The van der Waals surface area contributed by atoms with Crippen molar-refractivity contribution in [3.63, 3.8) is 0 Å². The molecule has 0 aliphatic rings. The van der Waals surface area contributed by atoms with Gasteiger partial charge in [-0.15, -0.1) is 0 Å². The SMILES string of the molecule is Nc1cc2ccccc2c(C(=O)O)c1S(=O)(=O)O. The van der Waals surface area contributed by atoms with Crippen LogP contribution in [0.2, 0.25) is 0 Å². The molecule has 0 aromatic heterocycles. The van der Waals surface area contributed by atoms with Gasteiger partial charge in [-0.2, -0.15) is 8.42 Å². The molecule has 7 heteroatoms. The summed E-state index contributed by atoms with van der Waals surface area (Å²) in [7, 11) is -4.71. The topological polar surface area (TPSA) is 118 Å². The van der Waals surface area contributed by atoms with Crippen molar-refractivity contribution in [3.8, 4) is 0 Å². The molecule has 0 saturated carbocycles. The molecule has 0 radical (unpaired) electrons. The number of benzene rings is 2. The molecule has 18 heavy (non-hydrogen) atoms. The molecule has 0 spiro atoms. The summed E-state index contributed by atoms with van der Waals surface area (Å²) in [5, 5.41) is 9.81. The van der Waals surface area contributed by atoms with Gasteiger partial charge in [-0.25, -0.2) is 4.79 Å². The molecule has 0 aliphatic heterocycles. The predicted octanol–water partition coefficient (Wildman–Crippen LogP) is 1.37. The van der Waals surface area contributed by atoms with Gasteiger partial charge in [-0.1, -0.05) is 24.3 Å². The molecule has 0 atom stereocenters. The van der Waals surface area contributed by atoms with E-state index in [-0.39, 0.29) is 11.1 Å². The number of hydrogen-bond acceptors (Lipinski definition) is 4. The highest BCUT2D eigenvalue weighted by Crippen LogP contribution is 2.31. The summed E-state index contributed by atoms with van der Waals surface area (Å²) in [6, 6.07) is 7.60. The third-order valence-electron chi connectivity index (χ3n) is 2.50. The lowest BCUT2D eigenvalue weighted by Crippen LogP contribution is -2.12. The van der Waals surface area contributed by atoms with Crippen molar-refractivity contribution >= 4 is 32.5 Å². The van der Waals surface area contributed by atoms with E-state index in [9.17, 15) is 13.2 Å². The van der Waals surface area contributed by atoms with Crippen LogP contribution < -0.4 is 5.73 Å². The number of fused-ring (bicyclic) bond motifs is 1. The number of carboxylic acid groups (broad SMARTS) is 1. The summed E-state index contributed by atoms with van der Waals surface area (Å²) in [6.45, 7) is 0. The summed E-state index contributed by atoms with van der Waals surface area (Å²) in [4.78, 5) is 10.4. The molecule has 6 nitrogen and oxygen atoms in total. The van der Waals surface area contributed by atoms with Gasteiger partial charge in [0.05, 0.1) is 11.3 Å². The molecular weight excluding hydrogens is 258 g/mol. The Morgan fingerprint density at radius 3 is 2.39 bits per heavy atom. The zero-order valence-corrected chi connectivity index (χ0v) is 9.81. The molecule has 0 fully saturated rings. The lowest BCUT2D eigenvalue weighted by Gasteiger charge is -2.10. The number of rotatable bonds is 2. The van der Waals surface area contributed by atoms with Gasteiger partial charge in [0.25, 0.3) is 10.1 Å². The Balaban J connectivity index is 3.07. The first-order valence-electron chi connectivity index (χ1n) is 4.84. The maximum absolute atomic E-state index is 11.2. The van der Waals surface area contributed by atoms with E-state index in [0.717, 1.165) is 0 Å². The van der Waals surface area contributed by atoms with E-state index in [1.807, 2.05) is 0 Å². The van der Waals surface area contributed by atoms with Gasteiger partial charge in [0.2, 0.25) is 0 Å². The van der Waals surface area contributed by atoms with Crippen LogP contribution in [0.5, 0.6) is 0 Å². The van der Waals surface area contributed by atoms with Crippen molar-refractivity contribution in [1.29, 1.82) is 0 Å². The van der Waals surface area contributed by atoms with Gasteiger partial charge in [-0.3, -0.25) is 4.55 Å². The Kier molecular flexibility index (Phi) is 2.72. The summed E-state index contributed by atoms with van der Waals surface area (Å²) >= 11 is 0. The third kappa shape index (κ3) is 1.89. The second-order valence-electron chi connectivity index (χ2n) is 3.67. The summed E-state index contributed by atoms with van der Waals surface area (Å²) in [5.74, 6) is -1.47. The monoisotopic (exact) mass is 267 g/mol. The second-order valence-corrected chi connectivity index (χ2v) is 5.03. The zero-order chi connectivity index (χ0) is 13.5. The van der Waals surface area contributed by atoms with E-state index >= 15 is 0 Å². The number of anilines is 1. The highest BCUT2D eigenvalue weighted by atomic mass is 32.2. The zero-order valence-electron chi connectivity index (χ0n) is 8.99. The van der Waals surface area contributed by atoms with Crippen molar-refractivity contribution in [3.05, 3.63) is 35.9 Å². The maximum atomic E-state index is 11.2. The largest absolute Gasteiger partial charge is 0.478 e. The van der Waals surface area contributed by atoms with Crippen LogP contribution in [0.25, 0.3) is 10.8 Å². The third-order valence-corrected chi connectivity index (χ3v) is 3.46. The van der Waals surface area contributed by atoms with Crippen molar-refractivity contribution in [2.45, 2.75) is 4.90 Å². The van der Waals surface area contributed by atoms with Gasteiger partial charge >= 0.3 is 5.97 Å². The van der Waals surface area contributed by atoms with E-state index in [2.05, 4.69) is 0 Å². The first-order valence-corrected chi connectivity index (χ1v) is 6.28. The summed E-state index contributed by atoms with van der Waals surface area (Å²) < 4.78 is 31.6. The van der Waals surface area contributed by atoms with E-state index < -0.39 is 26.5 Å². The minimum absolute atomic E-state index is 0.201. The van der Waals surface area contributed by atoms with Crippen LogP contribution in [0.15, 0.2) is 35.2 Å². The van der Waals surface area contributed by atoms with Crippen LogP contribution in [-0.4, -0.2) is 24.0 Å². The Bertz CT molecular complexity index is 751. The number of carboxylic acids is 1. The van der Waals surface area contributed by atoms with Crippen molar-refractivity contribution in [2.24, 2.45) is 0 Å². The van der Waals surface area contributed by atoms with Crippen LogP contribution in [0, 0.1) is 0 Å². The fraction of sp³-hybridized carbons (Fsp3) is 0. The molecule has 0 amide bonds. The van der Waals surface area contributed by atoms with Crippen molar-refractivity contribution in [1.82, 2.24) is 0 Å². The molecule has 0 saturated heterocycles. The first-order chi connectivity index (χ1) is 8.32. The van der Waals surface area contributed by atoms with Crippen molar-refractivity contribution in [2.75, 3.05) is 5.73 Å². The Morgan fingerprint density at radius 2 is 1.83 bits per heavy atom. The average Bonchev–Trinajstić information content (AvgIpc) is 2.25. The van der Waals surface area contributed by atoms with Crippen LogP contribution in [0.3, 0.4) is 0 Å². The second kappa shape index (κ2) is 3.97. The Hall–Kier alpha value is -2.12. The van der Waals surface area contributed by atoms with E-state index in [1.54, 1.807) is 18.2 Å². The molecule has 0 heterocycles. The van der Waals surface area contributed by atoms with Crippen molar-refractivity contribution < 1.29 is 22.9 Å². The van der Waals surface area contributed by atoms with Gasteiger partial charge in [0.15, 0.2) is 0 Å². The van der Waals surface area contributed by atoms with Crippen LogP contribution in [0.4, 0.5) is 5.69 Å². The Labute approximate surface area is 102 Å². The van der Waals surface area contributed by atoms with Gasteiger partial charge in [0.1, 0.15) is 4.90 Å². The van der Waals surface area contributed by atoms with E-state index in [4.69, 9.17) is 15.4 Å². The fourth-order valence-electron chi connectivity index (χ4n) is 1.84. The number of nitrogen functional groups attached to an aromatic ring is 1. The predicted molar refractivity (Wildman–Crippen MR) is 65.1 cm³/mol. The highest BCUT2D eigenvalue weighted by molar-refractivity contribution is 7.86.